The minimum atomic E-state index is -0.349. The highest BCUT2D eigenvalue weighted by atomic mass is 35.5. The van der Waals surface area contributed by atoms with Gasteiger partial charge in [-0.2, -0.15) is 0 Å². The van der Waals surface area contributed by atoms with Crippen LogP contribution in [-0.2, 0) is 9.53 Å². The van der Waals surface area contributed by atoms with Gasteiger partial charge in [0.15, 0.2) is 5.75 Å². The van der Waals surface area contributed by atoms with Crippen LogP contribution >= 0.6 is 35.0 Å². The van der Waals surface area contributed by atoms with Crippen molar-refractivity contribution in [1.29, 1.82) is 0 Å². The minimum Gasteiger partial charge on any atom is -0.491 e. The van der Waals surface area contributed by atoms with Crippen molar-refractivity contribution < 1.29 is 19.1 Å². The van der Waals surface area contributed by atoms with Crippen molar-refractivity contribution in [3.05, 3.63) is 32.6 Å². The molecular weight excluding hydrogens is 361 g/mol. The molecule has 0 aliphatic carbocycles. The van der Waals surface area contributed by atoms with Crippen LogP contribution in [0, 0.1) is 0 Å². The van der Waals surface area contributed by atoms with Crippen molar-refractivity contribution in [3.8, 4) is 5.75 Å². The second-order valence-electron chi connectivity index (χ2n) is 4.57. The predicted molar refractivity (Wildman–Crippen MR) is 92.2 cm³/mol. The second kappa shape index (κ2) is 8.06. The highest BCUT2D eigenvalue weighted by Gasteiger charge is 2.34. The quantitative estimate of drug-likeness (QED) is 0.701. The van der Waals surface area contributed by atoms with Crippen molar-refractivity contribution in [3.63, 3.8) is 0 Å². The number of rotatable bonds is 6. The van der Waals surface area contributed by atoms with Crippen LogP contribution in [0.4, 0.5) is 4.79 Å². The molecule has 0 saturated carbocycles. The molecular formula is C15H15Cl2NO4S. The van der Waals surface area contributed by atoms with E-state index in [0.717, 1.165) is 16.7 Å². The fraction of sp³-hybridized carbons (Fsp3) is 0.333. The van der Waals surface area contributed by atoms with Gasteiger partial charge in [0.25, 0.3) is 11.1 Å². The molecule has 1 fully saturated rings. The van der Waals surface area contributed by atoms with Crippen molar-refractivity contribution >= 4 is 52.2 Å². The van der Waals surface area contributed by atoms with Crippen molar-refractivity contribution in [1.82, 2.24) is 4.90 Å². The van der Waals surface area contributed by atoms with Crippen LogP contribution in [0.2, 0.25) is 10.0 Å². The number of amides is 2. The van der Waals surface area contributed by atoms with Gasteiger partial charge >= 0.3 is 0 Å². The third-order valence-electron chi connectivity index (χ3n) is 3.00. The Hall–Kier alpha value is -1.21. The molecule has 1 aliphatic rings. The van der Waals surface area contributed by atoms with Gasteiger partial charge in [0.2, 0.25) is 0 Å². The van der Waals surface area contributed by atoms with Crippen molar-refractivity contribution in [2.75, 3.05) is 26.9 Å². The topological polar surface area (TPSA) is 55.8 Å². The standard InChI is InChI=1S/C15H15Cl2NO4S/c1-3-22-13-10(16)6-9(7-11(13)17)8-12-14(19)18(4-5-21-2)15(20)23-12/h6-8H,3-5H2,1-2H3/b12-8+. The number of carbonyl (C=O) groups is 2. The van der Waals surface area contributed by atoms with Gasteiger partial charge < -0.3 is 9.47 Å². The molecule has 1 aliphatic heterocycles. The predicted octanol–water partition coefficient (Wildman–Crippen LogP) is 4.07. The zero-order valence-corrected chi connectivity index (χ0v) is 14.9. The van der Waals surface area contributed by atoms with Crippen molar-refractivity contribution in [2.45, 2.75) is 6.92 Å². The van der Waals surface area contributed by atoms with E-state index in [9.17, 15) is 9.59 Å². The smallest absolute Gasteiger partial charge is 0.293 e. The maximum absolute atomic E-state index is 12.2. The summed E-state index contributed by atoms with van der Waals surface area (Å²) in [5, 5.41) is 0.384. The first-order valence-electron chi connectivity index (χ1n) is 6.84. The van der Waals surface area contributed by atoms with Crippen LogP contribution < -0.4 is 4.74 Å². The summed E-state index contributed by atoms with van der Waals surface area (Å²) < 4.78 is 10.3. The van der Waals surface area contributed by atoms with E-state index >= 15 is 0 Å². The molecule has 8 heteroatoms. The largest absolute Gasteiger partial charge is 0.491 e. The lowest BCUT2D eigenvalue weighted by Crippen LogP contribution is -2.31. The Labute approximate surface area is 148 Å². The van der Waals surface area contributed by atoms with Crippen LogP contribution in [0.25, 0.3) is 6.08 Å². The summed E-state index contributed by atoms with van der Waals surface area (Å²) in [7, 11) is 1.51. The first-order chi connectivity index (χ1) is 11.0. The van der Waals surface area contributed by atoms with Crippen LogP contribution in [0.5, 0.6) is 5.75 Å². The minimum absolute atomic E-state index is 0.225. The number of imide groups is 1. The van der Waals surface area contributed by atoms with E-state index in [1.165, 1.54) is 7.11 Å². The molecule has 0 N–H and O–H groups in total. The van der Waals surface area contributed by atoms with Gasteiger partial charge in [0.05, 0.1) is 34.7 Å². The summed E-state index contributed by atoms with van der Waals surface area (Å²) in [6, 6.07) is 3.28. The normalized spacial score (nSPS) is 16.5. The number of ether oxygens (including phenoxy) is 2. The Kier molecular flexibility index (Phi) is 6.35. The zero-order chi connectivity index (χ0) is 17.0. The Morgan fingerprint density at radius 2 is 1.91 bits per heavy atom. The summed E-state index contributed by atoms with van der Waals surface area (Å²) in [6.07, 6.45) is 1.59. The van der Waals surface area contributed by atoms with E-state index in [1.807, 2.05) is 6.92 Å². The van der Waals surface area contributed by atoms with E-state index in [-0.39, 0.29) is 17.7 Å². The molecule has 2 rings (SSSR count). The van der Waals surface area contributed by atoms with Gasteiger partial charge in [-0.15, -0.1) is 0 Å². The van der Waals surface area contributed by atoms with Crippen LogP contribution in [0.1, 0.15) is 12.5 Å². The first kappa shape index (κ1) is 18.1. The third kappa shape index (κ3) is 4.20. The lowest BCUT2D eigenvalue weighted by atomic mass is 10.2. The van der Waals surface area contributed by atoms with E-state index in [2.05, 4.69) is 0 Å². The number of hydrogen-bond acceptors (Lipinski definition) is 5. The van der Waals surface area contributed by atoms with Gasteiger partial charge in [0.1, 0.15) is 0 Å². The van der Waals surface area contributed by atoms with Gasteiger partial charge in [-0.05, 0) is 42.5 Å². The first-order valence-corrected chi connectivity index (χ1v) is 8.41. The third-order valence-corrected chi connectivity index (χ3v) is 4.47. The summed E-state index contributed by atoms with van der Waals surface area (Å²) in [5.74, 6) is 0.0550. The molecule has 0 radical (unpaired) electrons. The molecule has 0 spiro atoms. The molecule has 0 unspecified atom stereocenters. The van der Waals surface area contributed by atoms with E-state index in [4.69, 9.17) is 32.7 Å². The summed E-state index contributed by atoms with van der Waals surface area (Å²) >= 11 is 13.2. The van der Waals surface area contributed by atoms with E-state index in [1.54, 1.807) is 18.2 Å². The maximum Gasteiger partial charge on any atom is 0.293 e. The van der Waals surface area contributed by atoms with Crippen LogP contribution in [0.3, 0.4) is 0 Å². The average Bonchev–Trinajstić information content (AvgIpc) is 2.75. The lowest BCUT2D eigenvalue weighted by Gasteiger charge is -2.11. The molecule has 5 nitrogen and oxygen atoms in total. The Balaban J connectivity index is 2.25. The zero-order valence-electron chi connectivity index (χ0n) is 12.6. The molecule has 1 saturated heterocycles. The number of methoxy groups -OCH3 is 1. The fourth-order valence-electron chi connectivity index (χ4n) is 1.97. The highest BCUT2D eigenvalue weighted by molar-refractivity contribution is 8.18. The number of nitrogens with zero attached hydrogens (tertiary/aromatic N) is 1. The van der Waals surface area contributed by atoms with Gasteiger partial charge in [0, 0.05) is 7.11 Å². The van der Waals surface area contributed by atoms with Crippen LogP contribution in [0.15, 0.2) is 17.0 Å². The molecule has 124 valence electrons. The summed E-state index contributed by atoms with van der Waals surface area (Å²) in [4.78, 5) is 25.6. The maximum atomic E-state index is 12.2. The monoisotopic (exact) mass is 375 g/mol. The molecule has 1 heterocycles. The molecule has 2 amide bonds. The summed E-state index contributed by atoms with van der Waals surface area (Å²) in [5.41, 5.74) is 0.626. The summed E-state index contributed by atoms with van der Waals surface area (Å²) in [6.45, 7) is 2.79. The highest BCUT2D eigenvalue weighted by Crippen LogP contribution is 2.37. The Morgan fingerprint density at radius 3 is 2.48 bits per heavy atom. The van der Waals surface area contributed by atoms with Gasteiger partial charge in [-0.25, -0.2) is 0 Å². The molecule has 23 heavy (non-hydrogen) atoms. The Bertz CT molecular complexity index is 640. The van der Waals surface area contributed by atoms with Gasteiger partial charge in [-0.3, -0.25) is 14.5 Å². The van der Waals surface area contributed by atoms with Crippen molar-refractivity contribution in [2.24, 2.45) is 0 Å². The SMILES string of the molecule is CCOc1c(Cl)cc(/C=C2/SC(=O)N(CCOC)C2=O)cc1Cl. The molecule has 1 aromatic carbocycles. The number of hydrogen-bond donors (Lipinski definition) is 0. The number of thioether (sulfide) groups is 1. The van der Waals surface area contributed by atoms with Crippen LogP contribution in [-0.4, -0.2) is 42.9 Å². The van der Waals surface area contributed by atoms with Gasteiger partial charge in [-0.1, -0.05) is 23.2 Å². The molecule has 0 atom stereocenters. The fourth-order valence-corrected chi connectivity index (χ4v) is 3.45. The number of carbonyl (C=O) groups excluding carboxylic acids is 2. The number of halogens is 2. The average molecular weight is 376 g/mol. The second-order valence-corrected chi connectivity index (χ2v) is 6.38. The molecule has 0 aromatic heterocycles. The van der Waals surface area contributed by atoms with E-state index < -0.39 is 0 Å². The number of benzene rings is 1. The molecule has 1 aromatic rings. The molecule has 0 bridgehead atoms. The lowest BCUT2D eigenvalue weighted by molar-refractivity contribution is -0.123. The van der Waals surface area contributed by atoms with E-state index in [0.29, 0.717) is 39.5 Å². The Morgan fingerprint density at radius 1 is 1.26 bits per heavy atom.